The molecule has 3 rings (SSSR count). The van der Waals surface area contributed by atoms with Crippen LogP contribution in [-0.2, 0) is 4.79 Å². The Labute approximate surface area is 227 Å². The van der Waals surface area contributed by atoms with Gasteiger partial charge in [0.2, 0.25) is 5.91 Å². The van der Waals surface area contributed by atoms with Crippen LogP contribution in [0, 0.1) is 17.3 Å². The van der Waals surface area contributed by atoms with E-state index in [9.17, 15) is 4.79 Å². The minimum atomic E-state index is 0.246. The number of carbonyl (C=O) groups is 1. The molecule has 0 radical (unpaired) electrons. The van der Waals surface area contributed by atoms with E-state index in [2.05, 4.69) is 49.3 Å². The molecule has 0 N–H and O–H groups in total. The summed E-state index contributed by atoms with van der Waals surface area (Å²) in [4.78, 5) is 21.0. The Morgan fingerprint density at radius 2 is 1.19 bits per heavy atom. The van der Waals surface area contributed by atoms with E-state index >= 15 is 0 Å². The van der Waals surface area contributed by atoms with Gasteiger partial charge in [-0.15, -0.1) is 0 Å². The molecule has 3 saturated heterocycles. The summed E-state index contributed by atoms with van der Waals surface area (Å²) in [5, 5.41) is 0. The maximum Gasteiger partial charge on any atom is 0.219 e. The minimum Gasteiger partial charge on any atom is -0.343 e. The van der Waals surface area contributed by atoms with Crippen LogP contribution in [0.2, 0.25) is 0 Å². The topological polar surface area (TPSA) is 30.0 Å². The van der Waals surface area contributed by atoms with Crippen molar-refractivity contribution in [1.82, 2.24) is 19.6 Å². The fourth-order valence-electron chi connectivity index (χ4n) is 5.33. The SMILES string of the molecule is CC.CC.CC(=O)N1CCC2(CC1)CN(CCC(C)C)C2.CCN1CCN(CCCCC(C)C)CC1. The number of likely N-dealkylation sites (tertiary alicyclic amines) is 2. The van der Waals surface area contributed by atoms with Crippen molar-refractivity contribution in [2.24, 2.45) is 17.3 Å². The molecule has 0 aliphatic carbocycles. The highest BCUT2D eigenvalue weighted by Gasteiger charge is 2.44. The van der Waals surface area contributed by atoms with E-state index in [-0.39, 0.29) is 5.91 Å². The zero-order valence-corrected chi connectivity index (χ0v) is 26.4. The number of rotatable bonds is 9. The molecule has 0 atom stereocenters. The standard InChI is InChI=1S/C14H26N2O.C13H28N2.2C2H6/c1-12(2)4-7-15-10-14(11-15)5-8-16(9-6-14)13(3)17;1-4-14-9-11-15(12-10-14)8-6-5-7-13(2)3;2*1-2/h12H,4-11H2,1-3H3;13H,4-12H2,1-3H3;2*1-2H3. The van der Waals surface area contributed by atoms with Gasteiger partial charge in [-0.25, -0.2) is 0 Å². The summed E-state index contributed by atoms with van der Waals surface area (Å²) >= 11 is 0. The van der Waals surface area contributed by atoms with Crippen LogP contribution >= 0.6 is 0 Å². The molecule has 0 aromatic carbocycles. The van der Waals surface area contributed by atoms with Gasteiger partial charge in [0.25, 0.3) is 0 Å². The Hall–Kier alpha value is -0.650. The predicted octanol–water partition coefficient (Wildman–Crippen LogP) is 6.48. The molecule has 0 aromatic rings. The van der Waals surface area contributed by atoms with Crippen LogP contribution in [-0.4, -0.2) is 97.5 Å². The molecule has 0 bridgehead atoms. The Morgan fingerprint density at radius 1 is 0.694 bits per heavy atom. The van der Waals surface area contributed by atoms with Gasteiger partial charge in [-0.2, -0.15) is 0 Å². The molecule has 1 amide bonds. The number of hydrogen-bond donors (Lipinski definition) is 0. The van der Waals surface area contributed by atoms with E-state index in [1.165, 1.54) is 97.4 Å². The van der Waals surface area contributed by atoms with Crippen molar-refractivity contribution < 1.29 is 4.79 Å². The molecule has 3 heterocycles. The lowest BCUT2D eigenvalue weighted by atomic mass is 9.72. The first-order chi connectivity index (χ1) is 17.2. The molecular weight excluding hydrogens is 444 g/mol. The molecular formula is C31H66N4O. The lowest BCUT2D eigenvalue weighted by molar-refractivity contribution is -0.134. The number of piperidine rings is 1. The highest BCUT2D eigenvalue weighted by molar-refractivity contribution is 5.73. The molecule has 36 heavy (non-hydrogen) atoms. The fourth-order valence-corrected chi connectivity index (χ4v) is 5.33. The molecule has 3 fully saturated rings. The second-order valence-corrected chi connectivity index (χ2v) is 11.6. The highest BCUT2D eigenvalue weighted by atomic mass is 16.2. The van der Waals surface area contributed by atoms with E-state index in [4.69, 9.17) is 0 Å². The summed E-state index contributed by atoms with van der Waals surface area (Å²) in [5.41, 5.74) is 0.558. The monoisotopic (exact) mass is 511 g/mol. The van der Waals surface area contributed by atoms with Crippen LogP contribution in [0.4, 0.5) is 0 Å². The lowest BCUT2D eigenvalue weighted by Gasteiger charge is -2.54. The zero-order chi connectivity index (χ0) is 27.6. The van der Waals surface area contributed by atoms with Crippen molar-refractivity contribution in [3.8, 4) is 0 Å². The number of likely N-dealkylation sites (N-methyl/N-ethyl adjacent to an activating group) is 1. The maximum absolute atomic E-state index is 11.3. The van der Waals surface area contributed by atoms with E-state index in [0.717, 1.165) is 24.9 Å². The van der Waals surface area contributed by atoms with Crippen LogP contribution in [0.1, 0.15) is 108 Å². The average Bonchev–Trinajstić information content (AvgIpc) is 2.87. The number of unbranched alkanes of at least 4 members (excludes halogenated alkanes) is 1. The van der Waals surface area contributed by atoms with Crippen LogP contribution in [0.15, 0.2) is 0 Å². The Kier molecular flexibility index (Phi) is 20.0. The third-order valence-corrected chi connectivity index (χ3v) is 7.83. The zero-order valence-electron chi connectivity index (χ0n) is 26.4. The molecule has 3 aliphatic heterocycles. The van der Waals surface area contributed by atoms with Crippen LogP contribution < -0.4 is 0 Å². The van der Waals surface area contributed by atoms with Crippen molar-refractivity contribution in [3.05, 3.63) is 0 Å². The van der Waals surface area contributed by atoms with Crippen LogP contribution in [0.3, 0.4) is 0 Å². The van der Waals surface area contributed by atoms with Crippen LogP contribution in [0.25, 0.3) is 0 Å². The van der Waals surface area contributed by atoms with Crippen molar-refractivity contribution in [1.29, 1.82) is 0 Å². The summed E-state index contributed by atoms with van der Waals surface area (Å²) in [6.07, 6.45) is 7.94. The minimum absolute atomic E-state index is 0.246. The summed E-state index contributed by atoms with van der Waals surface area (Å²) in [5.74, 6) is 1.93. The first kappa shape index (κ1) is 35.4. The predicted molar refractivity (Wildman–Crippen MR) is 160 cm³/mol. The number of amides is 1. The molecule has 216 valence electrons. The Morgan fingerprint density at radius 3 is 1.64 bits per heavy atom. The number of piperazine rings is 1. The van der Waals surface area contributed by atoms with Gasteiger partial charge < -0.3 is 19.6 Å². The smallest absolute Gasteiger partial charge is 0.219 e. The number of nitrogens with zero attached hydrogens (tertiary/aromatic N) is 4. The van der Waals surface area contributed by atoms with Gasteiger partial charge in [0.1, 0.15) is 0 Å². The Bertz CT molecular complexity index is 513. The van der Waals surface area contributed by atoms with Gasteiger partial charge in [-0.1, -0.05) is 75.2 Å². The first-order valence-corrected chi connectivity index (χ1v) is 15.7. The molecule has 3 aliphatic rings. The van der Waals surface area contributed by atoms with Gasteiger partial charge in [-0.3, -0.25) is 4.79 Å². The highest BCUT2D eigenvalue weighted by Crippen LogP contribution is 2.40. The van der Waals surface area contributed by atoms with E-state index in [1.54, 1.807) is 6.92 Å². The number of carbonyl (C=O) groups excluding carboxylic acids is 1. The lowest BCUT2D eigenvalue weighted by Crippen LogP contribution is -2.60. The van der Waals surface area contributed by atoms with Gasteiger partial charge >= 0.3 is 0 Å². The van der Waals surface area contributed by atoms with Gasteiger partial charge in [-0.05, 0) is 62.6 Å². The number of hydrogen-bond acceptors (Lipinski definition) is 4. The first-order valence-electron chi connectivity index (χ1n) is 15.7. The van der Waals surface area contributed by atoms with E-state index in [0.29, 0.717) is 5.41 Å². The van der Waals surface area contributed by atoms with E-state index in [1.807, 2.05) is 32.6 Å². The molecule has 0 saturated carbocycles. The molecule has 5 heteroatoms. The normalized spacial score (nSPS) is 20.1. The summed E-state index contributed by atoms with van der Waals surface area (Å²) in [6, 6.07) is 0. The second-order valence-electron chi connectivity index (χ2n) is 11.6. The van der Waals surface area contributed by atoms with Gasteiger partial charge in [0.15, 0.2) is 0 Å². The molecule has 0 aromatic heterocycles. The molecule has 1 spiro atoms. The van der Waals surface area contributed by atoms with Crippen molar-refractivity contribution in [2.75, 3.05) is 72.0 Å². The molecule has 0 unspecified atom stereocenters. The second kappa shape index (κ2) is 20.3. The molecule has 5 nitrogen and oxygen atoms in total. The van der Waals surface area contributed by atoms with Crippen molar-refractivity contribution in [3.63, 3.8) is 0 Å². The quantitative estimate of drug-likeness (QED) is 0.332. The summed E-state index contributed by atoms with van der Waals surface area (Å²) in [7, 11) is 0. The van der Waals surface area contributed by atoms with Gasteiger partial charge in [0, 0.05) is 59.3 Å². The maximum atomic E-state index is 11.3. The van der Waals surface area contributed by atoms with Gasteiger partial charge in [0.05, 0.1) is 0 Å². The summed E-state index contributed by atoms with van der Waals surface area (Å²) in [6.45, 7) is 34.6. The Balaban J connectivity index is 0.000000602. The third-order valence-electron chi connectivity index (χ3n) is 7.83. The third kappa shape index (κ3) is 14.3. The average molecular weight is 511 g/mol. The van der Waals surface area contributed by atoms with Crippen molar-refractivity contribution in [2.45, 2.75) is 108 Å². The fraction of sp³-hybridized carbons (Fsp3) is 0.968. The largest absolute Gasteiger partial charge is 0.343 e. The van der Waals surface area contributed by atoms with E-state index < -0.39 is 0 Å². The van der Waals surface area contributed by atoms with Crippen LogP contribution in [0.5, 0.6) is 0 Å². The van der Waals surface area contributed by atoms with Crippen molar-refractivity contribution >= 4 is 5.91 Å². The summed E-state index contributed by atoms with van der Waals surface area (Å²) < 4.78 is 0.